The molecule has 1 aromatic carbocycles. The van der Waals surface area contributed by atoms with Crippen LogP contribution >= 0.6 is 0 Å². The van der Waals surface area contributed by atoms with Gasteiger partial charge in [0.25, 0.3) is 0 Å². The Balaban J connectivity index is 1.87. The third kappa shape index (κ3) is 2.23. The number of methoxy groups -OCH3 is 1. The molecule has 1 aliphatic rings. The highest BCUT2D eigenvalue weighted by atomic mass is 16.5. The molecule has 0 saturated heterocycles. The summed E-state index contributed by atoms with van der Waals surface area (Å²) in [6.45, 7) is 0. The summed E-state index contributed by atoms with van der Waals surface area (Å²) >= 11 is 0. The van der Waals surface area contributed by atoms with Gasteiger partial charge in [-0.25, -0.2) is 9.97 Å². The Morgan fingerprint density at radius 3 is 2.62 bits per heavy atom. The van der Waals surface area contributed by atoms with E-state index < -0.39 is 0 Å². The second-order valence-corrected chi connectivity index (χ2v) is 5.30. The van der Waals surface area contributed by atoms with Crippen LogP contribution in [0.1, 0.15) is 24.5 Å². The Morgan fingerprint density at radius 1 is 0.952 bits per heavy atom. The highest BCUT2D eigenvalue weighted by Crippen LogP contribution is 2.39. The normalized spacial score (nSPS) is 14.3. The minimum absolute atomic E-state index is 0.592. The van der Waals surface area contributed by atoms with Gasteiger partial charge < -0.3 is 4.74 Å². The van der Waals surface area contributed by atoms with E-state index in [9.17, 15) is 0 Å². The maximum atomic E-state index is 5.40. The lowest BCUT2D eigenvalue weighted by molar-refractivity contribution is 0.403. The van der Waals surface area contributed by atoms with E-state index >= 15 is 0 Å². The first-order valence-electron chi connectivity index (χ1n) is 7.13. The minimum Gasteiger partial charge on any atom is -0.480 e. The number of fused-ring (bicyclic) bond motifs is 1. The Hall–Kier alpha value is -2.49. The van der Waals surface area contributed by atoms with Gasteiger partial charge in [0.15, 0.2) is 5.82 Å². The summed E-state index contributed by atoms with van der Waals surface area (Å²) in [5.41, 5.74) is 2.82. The summed E-state index contributed by atoms with van der Waals surface area (Å²) in [7, 11) is 1.63. The third-order valence-corrected chi connectivity index (χ3v) is 3.76. The lowest BCUT2D eigenvalue weighted by Crippen LogP contribution is -1.98. The zero-order valence-corrected chi connectivity index (χ0v) is 11.8. The predicted molar refractivity (Wildman–Crippen MR) is 81.3 cm³/mol. The molecule has 0 atom stereocenters. The Morgan fingerprint density at radius 2 is 1.81 bits per heavy atom. The molecule has 104 valence electrons. The molecular weight excluding hydrogens is 262 g/mol. The van der Waals surface area contributed by atoms with Crippen molar-refractivity contribution >= 4 is 10.9 Å². The van der Waals surface area contributed by atoms with Gasteiger partial charge in [-0.3, -0.25) is 0 Å². The summed E-state index contributed by atoms with van der Waals surface area (Å²) in [6.07, 6.45) is 2.47. The molecule has 0 aliphatic heterocycles. The number of pyridine rings is 1. The van der Waals surface area contributed by atoms with Crippen LogP contribution in [-0.2, 0) is 0 Å². The predicted octanol–water partition coefficient (Wildman–Crippen LogP) is 3.58. The monoisotopic (exact) mass is 277 g/mol. The number of nitrogens with zero attached hydrogens (tertiary/aromatic N) is 3. The van der Waals surface area contributed by atoms with Crippen LogP contribution in [0.2, 0.25) is 0 Å². The second kappa shape index (κ2) is 4.81. The van der Waals surface area contributed by atoms with Gasteiger partial charge in [-0.2, -0.15) is 4.98 Å². The van der Waals surface area contributed by atoms with Crippen LogP contribution in [0.25, 0.3) is 22.4 Å². The maximum Gasteiger partial charge on any atom is 0.224 e. The first-order chi connectivity index (χ1) is 10.3. The molecule has 0 spiro atoms. The van der Waals surface area contributed by atoms with Gasteiger partial charge >= 0.3 is 0 Å². The number of para-hydroxylation sites is 1. The van der Waals surface area contributed by atoms with Crippen LogP contribution in [0.3, 0.4) is 0 Å². The first kappa shape index (κ1) is 12.3. The highest BCUT2D eigenvalue weighted by Gasteiger charge is 2.25. The smallest absolute Gasteiger partial charge is 0.224 e. The van der Waals surface area contributed by atoms with E-state index in [2.05, 4.69) is 16.0 Å². The maximum absolute atomic E-state index is 5.40. The Labute approximate surface area is 122 Å². The number of aromatic nitrogens is 3. The second-order valence-electron chi connectivity index (χ2n) is 5.30. The van der Waals surface area contributed by atoms with E-state index in [-0.39, 0.29) is 0 Å². The van der Waals surface area contributed by atoms with Crippen LogP contribution < -0.4 is 4.74 Å². The van der Waals surface area contributed by atoms with Gasteiger partial charge in [-0.1, -0.05) is 18.2 Å². The van der Waals surface area contributed by atoms with Crippen LogP contribution in [0, 0.1) is 0 Å². The summed E-state index contributed by atoms with van der Waals surface area (Å²) < 4.78 is 5.40. The fourth-order valence-corrected chi connectivity index (χ4v) is 2.50. The largest absolute Gasteiger partial charge is 0.480 e. The van der Waals surface area contributed by atoms with Crippen molar-refractivity contribution in [2.45, 2.75) is 18.8 Å². The SMILES string of the molecule is COc1nc(-c2cccc(C3CC3)n2)nc2ccccc12. The van der Waals surface area contributed by atoms with Gasteiger partial charge in [0, 0.05) is 11.6 Å². The Kier molecular flexibility index (Phi) is 2.81. The van der Waals surface area contributed by atoms with Crippen molar-refractivity contribution in [2.24, 2.45) is 0 Å². The molecule has 2 heterocycles. The zero-order valence-electron chi connectivity index (χ0n) is 11.8. The molecule has 4 nitrogen and oxygen atoms in total. The van der Waals surface area contributed by atoms with E-state index in [4.69, 9.17) is 9.72 Å². The molecule has 1 saturated carbocycles. The number of ether oxygens (including phenoxy) is 1. The third-order valence-electron chi connectivity index (χ3n) is 3.76. The van der Waals surface area contributed by atoms with E-state index in [1.807, 2.05) is 36.4 Å². The first-order valence-corrected chi connectivity index (χ1v) is 7.13. The number of hydrogen-bond donors (Lipinski definition) is 0. The van der Waals surface area contributed by atoms with Crippen molar-refractivity contribution in [2.75, 3.05) is 7.11 Å². The molecule has 1 aliphatic carbocycles. The molecule has 0 N–H and O–H groups in total. The summed E-state index contributed by atoms with van der Waals surface area (Å²) in [5, 5.41) is 0.919. The van der Waals surface area contributed by atoms with E-state index in [1.54, 1.807) is 7.11 Å². The number of rotatable bonds is 3. The van der Waals surface area contributed by atoms with Crippen molar-refractivity contribution in [3.05, 3.63) is 48.2 Å². The van der Waals surface area contributed by atoms with E-state index in [0.29, 0.717) is 17.6 Å². The Bertz CT molecular complexity index is 812. The zero-order chi connectivity index (χ0) is 14.2. The van der Waals surface area contributed by atoms with Crippen molar-refractivity contribution in [3.8, 4) is 17.4 Å². The summed E-state index contributed by atoms with van der Waals surface area (Å²) in [6, 6.07) is 13.9. The fraction of sp³-hybridized carbons (Fsp3) is 0.235. The van der Waals surface area contributed by atoms with Crippen molar-refractivity contribution in [1.82, 2.24) is 15.0 Å². The molecule has 0 radical (unpaired) electrons. The van der Waals surface area contributed by atoms with Gasteiger partial charge in [-0.05, 0) is 37.1 Å². The van der Waals surface area contributed by atoms with Crippen LogP contribution in [0.15, 0.2) is 42.5 Å². The van der Waals surface area contributed by atoms with Gasteiger partial charge in [-0.15, -0.1) is 0 Å². The number of hydrogen-bond acceptors (Lipinski definition) is 4. The van der Waals surface area contributed by atoms with Gasteiger partial charge in [0.2, 0.25) is 5.88 Å². The fourth-order valence-electron chi connectivity index (χ4n) is 2.50. The van der Waals surface area contributed by atoms with Crippen LogP contribution in [0.5, 0.6) is 5.88 Å². The molecule has 0 amide bonds. The van der Waals surface area contributed by atoms with E-state index in [1.165, 1.54) is 12.8 Å². The number of benzene rings is 1. The highest BCUT2D eigenvalue weighted by molar-refractivity contribution is 5.84. The molecule has 4 rings (SSSR count). The lowest BCUT2D eigenvalue weighted by Gasteiger charge is -2.07. The topological polar surface area (TPSA) is 47.9 Å². The molecule has 1 fully saturated rings. The van der Waals surface area contributed by atoms with Crippen molar-refractivity contribution in [1.29, 1.82) is 0 Å². The average molecular weight is 277 g/mol. The molecule has 21 heavy (non-hydrogen) atoms. The molecule has 0 bridgehead atoms. The lowest BCUT2D eigenvalue weighted by atomic mass is 10.2. The molecule has 3 aromatic rings. The average Bonchev–Trinajstić information content (AvgIpc) is 3.39. The van der Waals surface area contributed by atoms with Crippen LogP contribution in [-0.4, -0.2) is 22.1 Å². The van der Waals surface area contributed by atoms with Crippen molar-refractivity contribution < 1.29 is 4.74 Å². The quantitative estimate of drug-likeness (QED) is 0.734. The molecular formula is C17H15N3O. The standard InChI is InChI=1S/C17H15N3O/c1-21-17-12-5-2-3-6-14(12)19-16(20-17)15-8-4-7-13(18-15)11-9-10-11/h2-8,11H,9-10H2,1H3. The van der Waals surface area contributed by atoms with Gasteiger partial charge in [0.1, 0.15) is 5.69 Å². The minimum atomic E-state index is 0.592. The van der Waals surface area contributed by atoms with E-state index in [0.717, 1.165) is 22.3 Å². The molecule has 4 heteroatoms. The summed E-state index contributed by atoms with van der Waals surface area (Å²) in [5.74, 6) is 1.83. The summed E-state index contributed by atoms with van der Waals surface area (Å²) in [4.78, 5) is 13.8. The van der Waals surface area contributed by atoms with Crippen molar-refractivity contribution in [3.63, 3.8) is 0 Å². The molecule has 0 unspecified atom stereocenters. The van der Waals surface area contributed by atoms with Crippen LogP contribution in [0.4, 0.5) is 0 Å². The molecule has 2 aromatic heterocycles. The van der Waals surface area contributed by atoms with Gasteiger partial charge in [0.05, 0.1) is 18.0 Å².